The summed E-state index contributed by atoms with van der Waals surface area (Å²) in [5.74, 6) is 0. The third-order valence-corrected chi connectivity index (χ3v) is 4.90. The van der Waals surface area contributed by atoms with Gasteiger partial charge >= 0.3 is 0 Å². The zero-order valence-electron chi connectivity index (χ0n) is 11.0. The number of halogens is 1. The number of rotatable bonds is 8. The Labute approximate surface area is 119 Å². The second kappa shape index (κ2) is 7.85. The normalized spacial score (nSPS) is 11.7. The van der Waals surface area contributed by atoms with Crippen molar-refractivity contribution >= 4 is 21.6 Å². The third kappa shape index (κ3) is 5.10. The lowest BCUT2D eigenvalue weighted by Gasteiger charge is -2.10. The molecule has 0 aliphatic carbocycles. The first-order valence-corrected chi connectivity index (χ1v) is 8.21. The van der Waals surface area contributed by atoms with Crippen LogP contribution >= 0.6 is 11.6 Å². The minimum absolute atomic E-state index is 0.188. The van der Waals surface area contributed by atoms with Crippen LogP contribution in [0.2, 0.25) is 5.02 Å². The van der Waals surface area contributed by atoms with Crippen molar-refractivity contribution in [2.24, 2.45) is 0 Å². The van der Waals surface area contributed by atoms with E-state index in [-0.39, 0.29) is 11.5 Å². The van der Waals surface area contributed by atoms with Crippen LogP contribution in [-0.4, -0.2) is 26.7 Å². The van der Waals surface area contributed by atoms with Crippen LogP contribution in [0.15, 0.2) is 23.1 Å². The van der Waals surface area contributed by atoms with E-state index in [9.17, 15) is 8.42 Å². The zero-order chi connectivity index (χ0) is 14.3. The van der Waals surface area contributed by atoms with Gasteiger partial charge in [0.05, 0.1) is 4.90 Å². The smallest absolute Gasteiger partial charge is 0.240 e. The van der Waals surface area contributed by atoms with Gasteiger partial charge in [0.2, 0.25) is 10.0 Å². The summed E-state index contributed by atoms with van der Waals surface area (Å²) in [5, 5.41) is 9.08. The summed E-state index contributed by atoms with van der Waals surface area (Å²) >= 11 is 5.92. The number of nitrogens with one attached hydrogen (secondary N) is 1. The van der Waals surface area contributed by atoms with Gasteiger partial charge in [-0.15, -0.1) is 0 Å². The summed E-state index contributed by atoms with van der Waals surface area (Å²) in [6, 6.07) is 4.85. The maximum atomic E-state index is 12.1. The number of hydrogen-bond donors (Lipinski definition) is 2. The van der Waals surface area contributed by atoms with Gasteiger partial charge in [-0.1, -0.05) is 30.5 Å². The first-order valence-electron chi connectivity index (χ1n) is 6.34. The Balaban J connectivity index is 2.54. The lowest BCUT2D eigenvalue weighted by Crippen LogP contribution is -2.25. The molecule has 0 saturated heterocycles. The van der Waals surface area contributed by atoms with Gasteiger partial charge in [0, 0.05) is 18.2 Å². The molecule has 4 nitrogen and oxygen atoms in total. The molecule has 1 rings (SSSR count). The van der Waals surface area contributed by atoms with Gasteiger partial charge in [-0.05, 0) is 37.5 Å². The van der Waals surface area contributed by atoms with E-state index < -0.39 is 10.0 Å². The topological polar surface area (TPSA) is 66.4 Å². The molecule has 0 unspecified atom stereocenters. The molecule has 0 atom stereocenters. The molecule has 19 heavy (non-hydrogen) atoms. The van der Waals surface area contributed by atoms with E-state index in [2.05, 4.69) is 4.72 Å². The van der Waals surface area contributed by atoms with Crippen LogP contribution in [0.5, 0.6) is 0 Å². The van der Waals surface area contributed by atoms with Crippen LogP contribution in [0.25, 0.3) is 0 Å². The van der Waals surface area contributed by atoms with Crippen molar-refractivity contribution in [3.8, 4) is 0 Å². The van der Waals surface area contributed by atoms with Gasteiger partial charge in [-0.2, -0.15) is 0 Å². The predicted molar refractivity (Wildman–Crippen MR) is 76.9 cm³/mol. The lowest BCUT2D eigenvalue weighted by molar-refractivity contribution is 0.282. The average Bonchev–Trinajstić information content (AvgIpc) is 2.36. The predicted octanol–water partition coefficient (Wildman–Crippen LogP) is 2.48. The molecule has 0 aromatic heterocycles. The minimum Gasteiger partial charge on any atom is -0.396 e. The van der Waals surface area contributed by atoms with Gasteiger partial charge in [0.1, 0.15) is 0 Å². The molecular formula is C13H20ClNO3S. The molecule has 2 N–H and O–H groups in total. The molecule has 108 valence electrons. The summed E-state index contributed by atoms with van der Waals surface area (Å²) in [6.07, 6.45) is 3.34. The second-order valence-electron chi connectivity index (χ2n) is 4.40. The standard InChI is InChI=1S/C13H20ClNO3S/c1-11-12(14)7-6-8-13(11)19(17,18)15-9-4-2-3-5-10-16/h6-8,15-16H,2-5,9-10H2,1H3. The Bertz CT molecular complexity index is 503. The lowest BCUT2D eigenvalue weighted by atomic mass is 10.2. The molecule has 0 amide bonds. The number of hydrogen-bond acceptors (Lipinski definition) is 3. The number of aliphatic hydroxyl groups is 1. The number of sulfonamides is 1. The maximum absolute atomic E-state index is 12.1. The van der Waals surface area contributed by atoms with Crippen LogP contribution in [0.1, 0.15) is 31.2 Å². The van der Waals surface area contributed by atoms with E-state index in [1.807, 2.05) is 0 Å². The van der Waals surface area contributed by atoms with Gasteiger partial charge < -0.3 is 5.11 Å². The number of unbranched alkanes of at least 4 members (excludes halogenated alkanes) is 3. The molecule has 0 aliphatic heterocycles. The molecular weight excluding hydrogens is 286 g/mol. The summed E-state index contributed by atoms with van der Waals surface area (Å²) < 4.78 is 26.7. The van der Waals surface area contributed by atoms with E-state index in [0.717, 1.165) is 25.7 Å². The van der Waals surface area contributed by atoms with Crippen LogP contribution in [0.4, 0.5) is 0 Å². The summed E-state index contributed by atoms with van der Waals surface area (Å²) in [7, 11) is -3.49. The van der Waals surface area contributed by atoms with E-state index >= 15 is 0 Å². The molecule has 6 heteroatoms. The van der Waals surface area contributed by atoms with E-state index in [0.29, 0.717) is 17.1 Å². The first-order chi connectivity index (χ1) is 8.99. The van der Waals surface area contributed by atoms with Crippen LogP contribution in [-0.2, 0) is 10.0 Å². The Hall–Kier alpha value is -0.620. The maximum Gasteiger partial charge on any atom is 0.240 e. The quantitative estimate of drug-likeness (QED) is 0.725. The van der Waals surface area contributed by atoms with Gasteiger partial charge in [0.25, 0.3) is 0 Å². The highest BCUT2D eigenvalue weighted by Gasteiger charge is 2.17. The van der Waals surface area contributed by atoms with Crippen LogP contribution < -0.4 is 4.72 Å². The molecule has 0 heterocycles. The van der Waals surface area contributed by atoms with E-state index in [1.54, 1.807) is 25.1 Å². The molecule has 0 radical (unpaired) electrons. The third-order valence-electron chi connectivity index (χ3n) is 2.88. The Morgan fingerprint density at radius 2 is 1.89 bits per heavy atom. The monoisotopic (exact) mass is 305 g/mol. The number of aliphatic hydroxyl groups excluding tert-OH is 1. The van der Waals surface area contributed by atoms with Crippen molar-refractivity contribution in [3.05, 3.63) is 28.8 Å². The van der Waals surface area contributed by atoms with Crippen molar-refractivity contribution in [2.45, 2.75) is 37.5 Å². The fourth-order valence-corrected chi connectivity index (χ4v) is 3.32. The average molecular weight is 306 g/mol. The summed E-state index contributed by atoms with van der Waals surface area (Å²) in [6.45, 7) is 2.28. The van der Waals surface area contributed by atoms with Crippen molar-refractivity contribution in [2.75, 3.05) is 13.2 Å². The van der Waals surface area contributed by atoms with Crippen LogP contribution in [0, 0.1) is 6.92 Å². The van der Waals surface area contributed by atoms with E-state index in [4.69, 9.17) is 16.7 Å². The molecule has 0 saturated carbocycles. The number of benzene rings is 1. The second-order valence-corrected chi connectivity index (χ2v) is 6.54. The highest BCUT2D eigenvalue weighted by Crippen LogP contribution is 2.22. The Morgan fingerprint density at radius 1 is 1.21 bits per heavy atom. The van der Waals surface area contributed by atoms with Crippen LogP contribution in [0.3, 0.4) is 0 Å². The highest BCUT2D eigenvalue weighted by atomic mass is 35.5. The zero-order valence-corrected chi connectivity index (χ0v) is 12.6. The Kier molecular flexibility index (Phi) is 6.79. The molecule has 1 aromatic carbocycles. The summed E-state index contributed by atoms with van der Waals surface area (Å²) in [4.78, 5) is 0.232. The molecule has 0 spiro atoms. The van der Waals surface area contributed by atoms with Gasteiger partial charge in [-0.3, -0.25) is 0 Å². The van der Waals surface area contributed by atoms with Crippen molar-refractivity contribution in [3.63, 3.8) is 0 Å². The largest absolute Gasteiger partial charge is 0.396 e. The van der Waals surface area contributed by atoms with Crippen molar-refractivity contribution in [1.82, 2.24) is 4.72 Å². The van der Waals surface area contributed by atoms with Gasteiger partial charge in [0.15, 0.2) is 0 Å². The molecule has 1 aromatic rings. The first kappa shape index (κ1) is 16.4. The Morgan fingerprint density at radius 3 is 2.58 bits per heavy atom. The summed E-state index contributed by atoms with van der Waals surface area (Å²) in [5.41, 5.74) is 0.567. The highest BCUT2D eigenvalue weighted by molar-refractivity contribution is 7.89. The van der Waals surface area contributed by atoms with Crippen molar-refractivity contribution in [1.29, 1.82) is 0 Å². The molecule has 0 aliphatic rings. The fraction of sp³-hybridized carbons (Fsp3) is 0.538. The molecule has 0 bridgehead atoms. The van der Waals surface area contributed by atoms with E-state index in [1.165, 1.54) is 0 Å². The minimum atomic E-state index is -3.49. The molecule has 0 fully saturated rings. The fourth-order valence-electron chi connectivity index (χ4n) is 1.75. The van der Waals surface area contributed by atoms with Crippen molar-refractivity contribution < 1.29 is 13.5 Å². The SMILES string of the molecule is Cc1c(Cl)cccc1S(=O)(=O)NCCCCCCO. The van der Waals surface area contributed by atoms with Gasteiger partial charge in [-0.25, -0.2) is 13.1 Å².